The minimum Gasteiger partial charge on any atom is -0.444 e. The molecule has 1 atom stereocenters. The predicted octanol–water partition coefficient (Wildman–Crippen LogP) is 3.55. The lowest BCUT2D eigenvalue weighted by atomic mass is 10.1. The second-order valence-corrected chi connectivity index (χ2v) is 6.98. The van der Waals surface area contributed by atoms with Gasteiger partial charge in [0.2, 0.25) is 5.91 Å². The van der Waals surface area contributed by atoms with Crippen LogP contribution in [-0.2, 0) is 16.0 Å². The van der Waals surface area contributed by atoms with Crippen molar-refractivity contribution in [1.82, 2.24) is 10.2 Å². The summed E-state index contributed by atoms with van der Waals surface area (Å²) in [6, 6.07) is 9.51. The van der Waals surface area contributed by atoms with Gasteiger partial charge >= 0.3 is 6.09 Å². The highest BCUT2D eigenvalue weighted by Gasteiger charge is 2.28. The largest absolute Gasteiger partial charge is 0.444 e. The zero-order chi connectivity index (χ0) is 18.9. The molecule has 5 nitrogen and oxygen atoms in total. The van der Waals surface area contributed by atoms with Gasteiger partial charge in [-0.2, -0.15) is 0 Å². The van der Waals surface area contributed by atoms with Gasteiger partial charge in [0.25, 0.3) is 0 Å². The van der Waals surface area contributed by atoms with Crippen LogP contribution < -0.4 is 5.32 Å². The third-order valence-corrected chi connectivity index (χ3v) is 3.59. The molecule has 5 heteroatoms. The van der Waals surface area contributed by atoms with Crippen molar-refractivity contribution in [3.63, 3.8) is 0 Å². The number of ether oxygens (including phenoxy) is 1. The number of nitrogens with zero attached hydrogens (tertiary/aromatic N) is 1. The summed E-state index contributed by atoms with van der Waals surface area (Å²) < 4.78 is 5.37. The Bertz CT molecular complexity index is 564. The maximum atomic E-state index is 12.3. The number of rotatable bonds is 8. The molecule has 1 aromatic carbocycles. The minimum absolute atomic E-state index is 0.194. The molecular formula is C20H30N2O3. The molecule has 1 aromatic rings. The fourth-order valence-electron chi connectivity index (χ4n) is 2.29. The summed E-state index contributed by atoms with van der Waals surface area (Å²) in [6.45, 7) is 11.6. The molecule has 138 valence electrons. The van der Waals surface area contributed by atoms with Crippen molar-refractivity contribution >= 4 is 12.0 Å². The first-order valence-electron chi connectivity index (χ1n) is 8.66. The average Bonchev–Trinajstić information content (AvgIpc) is 2.55. The highest BCUT2D eigenvalue weighted by Crippen LogP contribution is 2.12. The summed E-state index contributed by atoms with van der Waals surface area (Å²) in [5.41, 5.74) is 0.634. The first kappa shape index (κ1) is 20.7. The summed E-state index contributed by atoms with van der Waals surface area (Å²) in [5, 5.41) is 2.89. The summed E-state index contributed by atoms with van der Waals surface area (Å²) in [5.74, 6) is -0.194. The lowest BCUT2D eigenvalue weighted by Crippen LogP contribution is -2.49. The van der Waals surface area contributed by atoms with Crippen molar-refractivity contribution < 1.29 is 14.3 Å². The van der Waals surface area contributed by atoms with Gasteiger partial charge in [-0.15, -0.1) is 6.58 Å². The molecule has 0 aliphatic heterocycles. The Labute approximate surface area is 151 Å². The Morgan fingerprint density at radius 3 is 2.48 bits per heavy atom. The van der Waals surface area contributed by atoms with Gasteiger partial charge in [0.05, 0.1) is 0 Å². The second kappa shape index (κ2) is 9.87. The van der Waals surface area contributed by atoms with Crippen LogP contribution in [0.4, 0.5) is 4.79 Å². The highest BCUT2D eigenvalue weighted by atomic mass is 16.6. The maximum absolute atomic E-state index is 12.3. The van der Waals surface area contributed by atoms with Crippen LogP contribution >= 0.6 is 0 Å². The summed E-state index contributed by atoms with van der Waals surface area (Å²) >= 11 is 0. The Kier molecular flexibility index (Phi) is 8.19. The minimum atomic E-state index is -0.621. The summed E-state index contributed by atoms with van der Waals surface area (Å²) in [6.07, 6.45) is 2.82. The molecule has 1 rings (SSSR count). The molecule has 0 radical (unpaired) electrons. The van der Waals surface area contributed by atoms with Crippen LogP contribution in [0.15, 0.2) is 43.0 Å². The Morgan fingerprint density at radius 2 is 1.92 bits per heavy atom. The van der Waals surface area contributed by atoms with Crippen molar-refractivity contribution in [2.24, 2.45) is 0 Å². The van der Waals surface area contributed by atoms with E-state index in [-0.39, 0.29) is 12.5 Å². The molecule has 0 aliphatic carbocycles. The molecule has 0 saturated carbocycles. The van der Waals surface area contributed by atoms with Crippen LogP contribution in [-0.4, -0.2) is 41.6 Å². The standard InChI is InChI=1S/C20H30N2O3/c1-6-15-22(19(24)25-20(3,4)5)16(2)18(23)21-14-10-13-17-11-8-7-9-12-17/h6-9,11-12,16H,1,10,13-15H2,2-5H3,(H,21,23). The first-order valence-corrected chi connectivity index (χ1v) is 8.66. The van der Waals surface area contributed by atoms with E-state index < -0.39 is 17.7 Å². The van der Waals surface area contributed by atoms with E-state index in [9.17, 15) is 9.59 Å². The third kappa shape index (κ3) is 7.88. The third-order valence-electron chi connectivity index (χ3n) is 3.59. The number of benzene rings is 1. The molecule has 25 heavy (non-hydrogen) atoms. The molecule has 2 amide bonds. The quantitative estimate of drug-likeness (QED) is 0.578. The Hall–Kier alpha value is -2.30. The van der Waals surface area contributed by atoms with Crippen molar-refractivity contribution in [2.45, 2.75) is 52.2 Å². The van der Waals surface area contributed by atoms with E-state index in [1.54, 1.807) is 33.8 Å². The van der Waals surface area contributed by atoms with Gasteiger partial charge in [-0.25, -0.2) is 4.79 Å². The lowest BCUT2D eigenvalue weighted by molar-refractivity contribution is -0.125. The van der Waals surface area contributed by atoms with Crippen molar-refractivity contribution in [2.75, 3.05) is 13.1 Å². The van der Waals surface area contributed by atoms with E-state index in [0.717, 1.165) is 12.8 Å². The smallest absolute Gasteiger partial charge is 0.411 e. The molecule has 0 bridgehead atoms. The molecule has 0 heterocycles. The molecule has 1 N–H and O–H groups in total. The van der Waals surface area contributed by atoms with Gasteiger partial charge in [-0.1, -0.05) is 36.4 Å². The highest BCUT2D eigenvalue weighted by molar-refractivity contribution is 5.85. The van der Waals surface area contributed by atoms with Gasteiger partial charge < -0.3 is 10.1 Å². The van der Waals surface area contributed by atoms with Gasteiger partial charge in [0.15, 0.2) is 0 Å². The zero-order valence-electron chi connectivity index (χ0n) is 15.7. The molecule has 0 spiro atoms. The van der Waals surface area contributed by atoms with Crippen molar-refractivity contribution in [3.8, 4) is 0 Å². The molecule has 0 aromatic heterocycles. The average molecular weight is 346 g/mol. The van der Waals surface area contributed by atoms with E-state index in [1.807, 2.05) is 18.2 Å². The maximum Gasteiger partial charge on any atom is 0.411 e. The van der Waals surface area contributed by atoms with E-state index in [2.05, 4.69) is 24.0 Å². The SMILES string of the molecule is C=CCN(C(=O)OC(C)(C)C)C(C)C(=O)NCCCc1ccccc1. The Balaban J connectivity index is 2.50. The van der Waals surface area contributed by atoms with Crippen LogP contribution in [0.25, 0.3) is 0 Å². The first-order chi connectivity index (χ1) is 11.7. The number of carbonyl (C=O) groups is 2. The van der Waals surface area contributed by atoms with E-state index in [4.69, 9.17) is 4.74 Å². The fraction of sp³-hybridized carbons (Fsp3) is 0.500. The van der Waals surface area contributed by atoms with Crippen LogP contribution in [0.1, 0.15) is 39.7 Å². The van der Waals surface area contributed by atoms with Crippen LogP contribution in [0.5, 0.6) is 0 Å². The van der Waals surface area contributed by atoms with Crippen LogP contribution in [0.2, 0.25) is 0 Å². The Morgan fingerprint density at radius 1 is 1.28 bits per heavy atom. The zero-order valence-corrected chi connectivity index (χ0v) is 15.7. The number of hydrogen-bond acceptors (Lipinski definition) is 3. The van der Waals surface area contributed by atoms with E-state index in [1.165, 1.54) is 10.5 Å². The summed E-state index contributed by atoms with van der Waals surface area (Å²) in [4.78, 5) is 26.0. The predicted molar refractivity (Wildman–Crippen MR) is 100 cm³/mol. The number of hydrogen-bond donors (Lipinski definition) is 1. The number of carbonyl (C=O) groups excluding carboxylic acids is 2. The van der Waals surface area contributed by atoms with Gasteiger partial charge in [-0.3, -0.25) is 9.69 Å². The van der Waals surface area contributed by atoms with Gasteiger partial charge in [0.1, 0.15) is 11.6 Å². The fourth-order valence-corrected chi connectivity index (χ4v) is 2.29. The van der Waals surface area contributed by atoms with Crippen LogP contribution in [0, 0.1) is 0 Å². The van der Waals surface area contributed by atoms with E-state index in [0.29, 0.717) is 6.54 Å². The van der Waals surface area contributed by atoms with Gasteiger partial charge in [0, 0.05) is 13.1 Å². The topological polar surface area (TPSA) is 58.6 Å². The number of nitrogens with one attached hydrogen (secondary N) is 1. The number of amides is 2. The summed E-state index contributed by atoms with van der Waals surface area (Å²) in [7, 11) is 0. The lowest BCUT2D eigenvalue weighted by Gasteiger charge is -2.30. The van der Waals surface area contributed by atoms with Crippen LogP contribution in [0.3, 0.4) is 0 Å². The van der Waals surface area contributed by atoms with Crippen molar-refractivity contribution in [1.29, 1.82) is 0 Å². The van der Waals surface area contributed by atoms with Crippen molar-refractivity contribution in [3.05, 3.63) is 48.6 Å². The molecule has 0 saturated heterocycles. The normalized spacial score (nSPS) is 12.2. The van der Waals surface area contributed by atoms with Gasteiger partial charge in [-0.05, 0) is 46.1 Å². The monoisotopic (exact) mass is 346 g/mol. The molecule has 0 aliphatic rings. The second-order valence-electron chi connectivity index (χ2n) is 6.98. The molecule has 0 fully saturated rings. The molecule has 1 unspecified atom stereocenters. The number of aryl methyl sites for hydroxylation is 1. The molecular weight excluding hydrogens is 316 g/mol. The van der Waals surface area contributed by atoms with E-state index >= 15 is 0 Å².